The van der Waals surface area contributed by atoms with Gasteiger partial charge in [-0.2, -0.15) is 0 Å². The summed E-state index contributed by atoms with van der Waals surface area (Å²) >= 11 is 0. The van der Waals surface area contributed by atoms with Crippen LogP contribution < -0.4 is 15.4 Å². The highest BCUT2D eigenvalue weighted by atomic mass is 19.4. The number of urea groups is 1. The average molecular weight is 347 g/mol. The lowest BCUT2D eigenvalue weighted by Crippen LogP contribution is -2.38. The molecule has 0 bridgehead atoms. The van der Waals surface area contributed by atoms with E-state index in [9.17, 15) is 18.0 Å². The molecule has 9 heteroatoms. The minimum absolute atomic E-state index is 0.224. The van der Waals surface area contributed by atoms with E-state index in [0.717, 1.165) is 45.3 Å². The fraction of sp³-hybridized carbons (Fsp3) is 0.533. The highest BCUT2D eigenvalue weighted by Crippen LogP contribution is 2.24. The summed E-state index contributed by atoms with van der Waals surface area (Å²) in [6.07, 6.45) is -3.98. The molecule has 24 heavy (non-hydrogen) atoms. The Morgan fingerprint density at radius 2 is 2.04 bits per heavy atom. The number of morpholine rings is 1. The zero-order valence-electron chi connectivity index (χ0n) is 13.1. The molecule has 1 saturated heterocycles. The van der Waals surface area contributed by atoms with Gasteiger partial charge in [0.15, 0.2) is 0 Å². The first-order valence-electron chi connectivity index (χ1n) is 7.63. The first-order chi connectivity index (χ1) is 11.4. The Balaban J connectivity index is 1.69. The summed E-state index contributed by atoms with van der Waals surface area (Å²) in [4.78, 5) is 14.0. The SMILES string of the molecule is O=C(NCCCN1CCOCC1)Nc1cccc(OC(F)(F)F)c1. The van der Waals surface area contributed by atoms with Gasteiger partial charge in [-0.05, 0) is 25.1 Å². The minimum atomic E-state index is -4.76. The van der Waals surface area contributed by atoms with Crippen molar-refractivity contribution in [2.45, 2.75) is 12.8 Å². The van der Waals surface area contributed by atoms with E-state index in [2.05, 4.69) is 20.3 Å². The van der Waals surface area contributed by atoms with Crippen LogP contribution >= 0.6 is 0 Å². The van der Waals surface area contributed by atoms with Gasteiger partial charge in [-0.15, -0.1) is 13.2 Å². The van der Waals surface area contributed by atoms with E-state index in [4.69, 9.17) is 4.74 Å². The lowest BCUT2D eigenvalue weighted by molar-refractivity contribution is -0.274. The largest absolute Gasteiger partial charge is 0.573 e. The molecule has 2 N–H and O–H groups in total. The summed E-state index contributed by atoms with van der Waals surface area (Å²) in [7, 11) is 0. The molecule has 6 nitrogen and oxygen atoms in total. The maximum atomic E-state index is 12.2. The summed E-state index contributed by atoms with van der Waals surface area (Å²) in [6.45, 7) is 4.56. The van der Waals surface area contributed by atoms with E-state index in [-0.39, 0.29) is 11.4 Å². The normalized spacial score (nSPS) is 15.8. The molecule has 0 radical (unpaired) electrons. The van der Waals surface area contributed by atoms with Crippen LogP contribution in [0.25, 0.3) is 0 Å². The molecule has 0 aromatic heterocycles. The molecule has 1 heterocycles. The maximum absolute atomic E-state index is 12.2. The topological polar surface area (TPSA) is 62.8 Å². The Morgan fingerprint density at radius 3 is 2.75 bits per heavy atom. The number of ether oxygens (including phenoxy) is 2. The molecular weight excluding hydrogens is 327 g/mol. The molecule has 0 atom stereocenters. The van der Waals surface area contributed by atoms with E-state index in [1.807, 2.05) is 0 Å². The van der Waals surface area contributed by atoms with Crippen LogP contribution in [0.3, 0.4) is 0 Å². The summed E-state index contributed by atoms with van der Waals surface area (Å²) < 4.78 is 45.5. The Morgan fingerprint density at radius 1 is 1.29 bits per heavy atom. The van der Waals surface area contributed by atoms with Gasteiger partial charge in [0.1, 0.15) is 5.75 Å². The molecule has 0 spiro atoms. The molecule has 1 aromatic carbocycles. The average Bonchev–Trinajstić information content (AvgIpc) is 2.51. The number of hydrogen-bond donors (Lipinski definition) is 2. The van der Waals surface area contributed by atoms with E-state index in [1.54, 1.807) is 0 Å². The second-order valence-corrected chi connectivity index (χ2v) is 5.26. The lowest BCUT2D eigenvalue weighted by atomic mass is 10.3. The zero-order valence-corrected chi connectivity index (χ0v) is 13.1. The third-order valence-electron chi connectivity index (χ3n) is 3.37. The minimum Gasteiger partial charge on any atom is -0.406 e. The molecule has 2 rings (SSSR count). The first-order valence-corrected chi connectivity index (χ1v) is 7.63. The fourth-order valence-corrected chi connectivity index (χ4v) is 2.28. The molecule has 0 unspecified atom stereocenters. The van der Waals surface area contributed by atoms with Crippen molar-refractivity contribution in [1.29, 1.82) is 0 Å². The number of carbonyl (C=O) groups is 1. The monoisotopic (exact) mass is 347 g/mol. The van der Waals surface area contributed by atoms with Gasteiger partial charge in [0.2, 0.25) is 0 Å². The Labute approximate surface area is 137 Å². The van der Waals surface area contributed by atoms with Gasteiger partial charge in [0.05, 0.1) is 13.2 Å². The van der Waals surface area contributed by atoms with Crippen molar-refractivity contribution in [3.05, 3.63) is 24.3 Å². The number of nitrogens with one attached hydrogen (secondary N) is 2. The van der Waals surface area contributed by atoms with E-state index < -0.39 is 12.4 Å². The molecular formula is C15H20F3N3O3. The number of halogens is 3. The molecule has 0 saturated carbocycles. The van der Waals surface area contributed by atoms with Gasteiger partial charge in [-0.25, -0.2) is 4.79 Å². The second-order valence-electron chi connectivity index (χ2n) is 5.26. The van der Waals surface area contributed by atoms with Crippen molar-refractivity contribution in [3.8, 4) is 5.75 Å². The number of nitrogens with zero attached hydrogens (tertiary/aromatic N) is 1. The Hall–Kier alpha value is -2.00. The third kappa shape index (κ3) is 7.05. The van der Waals surface area contributed by atoms with Crippen molar-refractivity contribution in [2.75, 3.05) is 44.7 Å². The van der Waals surface area contributed by atoms with Crippen LogP contribution in [0.5, 0.6) is 5.75 Å². The van der Waals surface area contributed by atoms with Gasteiger partial charge in [-0.1, -0.05) is 6.07 Å². The molecule has 1 aromatic rings. The van der Waals surface area contributed by atoms with Crippen LogP contribution in [0.2, 0.25) is 0 Å². The number of anilines is 1. The van der Waals surface area contributed by atoms with Crippen LogP contribution in [0, 0.1) is 0 Å². The van der Waals surface area contributed by atoms with Gasteiger partial charge < -0.3 is 20.1 Å². The summed E-state index contributed by atoms with van der Waals surface area (Å²) in [5, 5.41) is 5.14. The van der Waals surface area contributed by atoms with Crippen molar-refractivity contribution in [3.63, 3.8) is 0 Å². The maximum Gasteiger partial charge on any atom is 0.573 e. The predicted molar refractivity (Wildman–Crippen MR) is 82.0 cm³/mol. The summed E-state index contributed by atoms with van der Waals surface area (Å²) in [5.74, 6) is -0.382. The zero-order chi connectivity index (χ0) is 17.4. The van der Waals surface area contributed by atoms with Crippen LogP contribution in [0.4, 0.5) is 23.7 Å². The molecule has 1 aliphatic rings. The standard InChI is InChI=1S/C15H20F3N3O3/c16-15(17,18)24-13-4-1-3-12(11-13)20-14(22)19-5-2-6-21-7-9-23-10-8-21/h1,3-4,11H,2,5-10H2,(H2,19,20,22). The van der Waals surface area contributed by atoms with Crippen LogP contribution in [0.15, 0.2) is 24.3 Å². The Kier molecular flexibility index (Phi) is 6.68. The van der Waals surface area contributed by atoms with Gasteiger partial charge in [-0.3, -0.25) is 4.90 Å². The van der Waals surface area contributed by atoms with Crippen molar-refractivity contribution < 1.29 is 27.4 Å². The third-order valence-corrected chi connectivity index (χ3v) is 3.37. The predicted octanol–water partition coefficient (Wildman–Crippen LogP) is 2.43. The lowest BCUT2D eigenvalue weighted by Gasteiger charge is -2.26. The molecule has 1 fully saturated rings. The van der Waals surface area contributed by atoms with E-state index in [1.165, 1.54) is 18.2 Å². The van der Waals surface area contributed by atoms with Gasteiger partial charge in [0, 0.05) is 31.4 Å². The quantitative estimate of drug-likeness (QED) is 0.776. The number of rotatable bonds is 6. The number of alkyl halides is 3. The first kappa shape index (κ1) is 18.3. The number of carbonyl (C=O) groups excluding carboxylic acids is 1. The van der Waals surface area contributed by atoms with Crippen molar-refractivity contribution in [2.24, 2.45) is 0 Å². The van der Waals surface area contributed by atoms with Crippen LogP contribution in [-0.2, 0) is 4.74 Å². The highest BCUT2D eigenvalue weighted by Gasteiger charge is 2.31. The molecule has 1 aliphatic heterocycles. The summed E-state index contributed by atoms with van der Waals surface area (Å²) in [5.41, 5.74) is 0.224. The van der Waals surface area contributed by atoms with Gasteiger partial charge in [0.25, 0.3) is 0 Å². The second kappa shape index (κ2) is 8.74. The number of hydrogen-bond acceptors (Lipinski definition) is 4. The highest BCUT2D eigenvalue weighted by molar-refractivity contribution is 5.89. The number of benzene rings is 1. The summed E-state index contributed by atoms with van der Waals surface area (Å²) in [6, 6.07) is 4.66. The van der Waals surface area contributed by atoms with E-state index in [0.29, 0.717) is 6.54 Å². The van der Waals surface area contributed by atoms with Crippen molar-refractivity contribution >= 4 is 11.7 Å². The number of amides is 2. The fourth-order valence-electron chi connectivity index (χ4n) is 2.28. The van der Waals surface area contributed by atoms with Crippen LogP contribution in [0.1, 0.15) is 6.42 Å². The molecule has 2 amide bonds. The van der Waals surface area contributed by atoms with Gasteiger partial charge >= 0.3 is 12.4 Å². The molecule has 134 valence electrons. The van der Waals surface area contributed by atoms with Crippen molar-refractivity contribution in [1.82, 2.24) is 10.2 Å². The smallest absolute Gasteiger partial charge is 0.406 e. The van der Waals surface area contributed by atoms with Crippen LogP contribution in [-0.4, -0.2) is 56.7 Å². The van der Waals surface area contributed by atoms with E-state index >= 15 is 0 Å². The Bertz CT molecular complexity index is 534. The molecule has 0 aliphatic carbocycles.